The zero-order valence-electron chi connectivity index (χ0n) is 9.80. The fraction of sp³-hybridized carbons (Fsp3) is 0.538. The molecule has 1 aromatic carbocycles. The molecule has 2 atom stereocenters. The van der Waals surface area contributed by atoms with Gasteiger partial charge in [-0.2, -0.15) is 0 Å². The number of ether oxygens (including phenoxy) is 1. The van der Waals surface area contributed by atoms with Gasteiger partial charge in [-0.25, -0.2) is 0 Å². The van der Waals surface area contributed by atoms with Crippen LogP contribution in [0.25, 0.3) is 0 Å². The number of hydrogen-bond acceptors (Lipinski definition) is 3. The van der Waals surface area contributed by atoms with E-state index in [1.54, 1.807) is 0 Å². The molecule has 88 valence electrons. The Balaban J connectivity index is 1.94. The van der Waals surface area contributed by atoms with Crippen molar-refractivity contribution in [3.63, 3.8) is 0 Å². The Morgan fingerprint density at radius 1 is 1.38 bits per heavy atom. The number of nitrogens with two attached hydrogens (primary N) is 1. The van der Waals surface area contributed by atoms with Crippen molar-refractivity contribution in [3.05, 3.63) is 35.9 Å². The molecule has 1 heterocycles. The SMILES string of the molecule is CN(Cc1ccccc1)C1COCCC1N. The zero-order chi connectivity index (χ0) is 11.4. The minimum Gasteiger partial charge on any atom is -0.380 e. The topological polar surface area (TPSA) is 38.5 Å². The molecule has 0 spiro atoms. The maximum Gasteiger partial charge on any atom is 0.0636 e. The molecule has 0 aromatic heterocycles. The third-order valence-electron chi connectivity index (χ3n) is 3.22. The van der Waals surface area contributed by atoms with Crippen LogP contribution >= 0.6 is 0 Å². The van der Waals surface area contributed by atoms with Crippen LogP contribution in [0.15, 0.2) is 30.3 Å². The molecule has 0 saturated carbocycles. The largest absolute Gasteiger partial charge is 0.380 e. The Labute approximate surface area is 97.2 Å². The summed E-state index contributed by atoms with van der Waals surface area (Å²) in [5.41, 5.74) is 7.43. The molecule has 1 saturated heterocycles. The highest BCUT2D eigenvalue weighted by Crippen LogP contribution is 2.14. The van der Waals surface area contributed by atoms with Crippen molar-refractivity contribution in [1.29, 1.82) is 0 Å². The van der Waals surface area contributed by atoms with Crippen LogP contribution in [-0.4, -0.2) is 37.2 Å². The molecule has 16 heavy (non-hydrogen) atoms. The van der Waals surface area contributed by atoms with Gasteiger partial charge < -0.3 is 10.5 Å². The molecule has 3 heteroatoms. The van der Waals surface area contributed by atoms with Crippen LogP contribution in [0.4, 0.5) is 0 Å². The van der Waals surface area contributed by atoms with E-state index in [1.165, 1.54) is 5.56 Å². The molecule has 0 bridgehead atoms. The van der Waals surface area contributed by atoms with Gasteiger partial charge in [0.1, 0.15) is 0 Å². The molecule has 1 aromatic rings. The highest BCUT2D eigenvalue weighted by atomic mass is 16.5. The molecule has 1 aliphatic rings. The fourth-order valence-electron chi connectivity index (χ4n) is 2.18. The molecule has 0 radical (unpaired) electrons. The number of nitrogens with zero attached hydrogens (tertiary/aromatic N) is 1. The predicted octanol–water partition coefficient (Wildman–Crippen LogP) is 1.23. The van der Waals surface area contributed by atoms with Crippen LogP contribution in [0, 0.1) is 0 Å². The summed E-state index contributed by atoms with van der Waals surface area (Å²) in [7, 11) is 2.12. The van der Waals surface area contributed by atoms with Gasteiger partial charge >= 0.3 is 0 Å². The summed E-state index contributed by atoms with van der Waals surface area (Å²) in [6.07, 6.45) is 0.962. The van der Waals surface area contributed by atoms with Gasteiger partial charge in [-0.05, 0) is 19.0 Å². The number of hydrogen-bond donors (Lipinski definition) is 1. The first kappa shape index (κ1) is 11.6. The molecule has 1 fully saturated rings. The van der Waals surface area contributed by atoms with Crippen molar-refractivity contribution in [3.8, 4) is 0 Å². The van der Waals surface area contributed by atoms with Crippen molar-refractivity contribution in [2.45, 2.75) is 25.0 Å². The molecule has 0 aliphatic carbocycles. The van der Waals surface area contributed by atoms with E-state index < -0.39 is 0 Å². The van der Waals surface area contributed by atoms with Gasteiger partial charge in [0.15, 0.2) is 0 Å². The van der Waals surface area contributed by atoms with E-state index in [1.807, 2.05) is 6.07 Å². The Morgan fingerprint density at radius 2 is 2.12 bits per heavy atom. The maximum atomic E-state index is 6.11. The first-order valence-corrected chi connectivity index (χ1v) is 5.85. The third kappa shape index (κ3) is 2.82. The Kier molecular flexibility index (Phi) is 3.93. The lowest BCUT2D eigenvalue weighted by atomic mass is 10.0. The predicted molar refractivity (Wildman–Crippen MR) is 65.1 cm³/mol. The Bertz CT molecular complexity index is 315. The van der Waals surface area contributed by atoms with Crippen molar-refractivity contribution in [1.82, 2.24) is 4.90 Å². The van der Waals surface area contributed by atoms with Crippen molar-refractivity contribution in [2.75, 3.05) is 20.3 Å². The van der Waals surface area contributed by atoms with E-state index in [2.05, 4.69) is 36.2 Å². The number of rotatable bonds is 3. The molecular formula is C13H20N2O. The van der Waals surface area contributed by atoms with Crippen LogP contribution in [-0.2, 0) is 11.3 Å². The first-order chi connectivity index (χ1) is 7.77. The van der Waals surface area contributed by atoms with Gasteiger partial charge in [0.05, 0.1) is 6.61 Å². The summed E-state index contributed by atoms with van der Waals surface area (Å²) >= 11 is 0. The second-order valence-electron chi connectivity index (χ2n) is 4.50. The van der Waals surface area contributed by atoms with Crippen LogP contribution in [0.2, 0.25) is 0 Å². The van der Waals surface area contributed by atoms with Crippen molar-refractivity contribution < 1.29 is 4.74 Å². The van der Waals surface area contributed by atoms with Gasteiger partial charge in [0, 0.05) is 25.2 Å². The van der Waals surface area contributed by atoms with E-state index >= 15 is 0 Å². The number of benzene rings is 1. The third-order valence-corrected chi connectivity index (χ3v) is 3.22. The molecule has 1 aliphatic heterocycles. The number of likely N-dealkylation sites (N-methyl/N-ethyl adjacent to an activating group) is 1. The maximum absolute atomic E-state index is 6.11. The van der Waals surface area contributed by atoms with E-state index in [4.69, 9.17) is 10.5 Å². The van der Waals surface area contributed by atoms with Gasteiger partial charge in [-0.3, -0.25) is 4.90 Å². The van der Waals surface area contributed by atoms with E-state index in [-0.39, 0.29) is 6.04 Å². The van der Waals surface area contributed by atoms with Crippen molar-refractivity contribution in [2.24, 2.45) is 5.73 Å². The molecule has 2 N–H and O–H groups in total. The molecule has 0 amide bonds. The highest BCUT2D eigenvalue weighted by Gasteiger charge is 2.25. The minimum atomic E-state index is 0.238. The second kappa shape index (κ2) is 5.43. The summed E-state index contributed by atoms with van der Waals surface area (Å²) in [5.74, 6) is 0. The average molecular weight is 220 g/mol. The quantitative estimate of drug-likeness (QED) is 0.833. The minimum absolute atomic E-state index is 0.238. The molecule has 3 nitrogen and oxygen atoms in total. The molecule has 2 unspecified atom stereocenters. The molecular weight excluding hydrogens is 200 g/mol. The standard InChI is InChI=1S/C13H20N2O/c1-15(9-11-5-3-2-4-6-11)13-10-16-8-7-12(13)14/h2-6,12-13H,7-10,14H2,1H3. The summed E-state index contributed by atoms with van der Waals surface area (Å²) in [6, 6.07) is 11.0. The normalized spacial score (nSPS) is 25.9. The lowest BCUT2D eigenvalue weighted by molar-refractivity contribution is 0.0127. The zero-order valence-corrected chi connectivity index (χ0v) is 9.80. The average Bonchev–Trinajstić information content (AvgIpc) is 2.31. The van der Waals surface area contributed by atoms with Crippen LogP contribution in [0.3, 0.4) is 0 Å². The van der Waals surface area contributed by atoms with Crippen LogP contribution < -0.4 is 5.73 Å². The monoisotopic (exact) mass is 220 g/mol. The smallest absolute Gasteiger partial charge is 0.0636 e. The fourth-order valence-corrected chi connectivity index (χ4v) is 2.18. The summed E-state index contributed by atoms with van der Waals surface area (Å²) in [4.78, 5) is 2.29. The van der Waals surface area contributed by atoms with E-state index in [9.17, 15) is 0 Å². The second-order valence-corrected chi connectivity index (χ2v) is 4.50. The summed E-state index contributed by atoms with van der Waals surface area (Å²) < 4.78 is 5.49. The van der Waals surface area contributed by atoms with Gasteiger partial charge in [-0.1, -0.05) is 30.3 Å². The van der Waals surface area contributed by atoms with E-state index in [0.29, 0.717) is 6.04 Å². The van der Waals surface area contributed by atoms with Gasteiger partial charge in [-0.15, -0.1) is 0 Å². The Hall–Kier alpha value is -0.900. The Morgan fingerprint density at radius 3 is 2.81 bits per heavy atom. The van der Waals surface area contributed by atoms with Gasteiger partial charge in [0.25, 0.3) is 0 Å². The summed E-state index contributed by atoms with van der Waals surface area (Å²) in [6.45, 7) is 2.49. The lowest BCUT2D eigenvalue weighted by Crippen LogP contribution is -2.51. The van der Waals surface area contributed by atoms with Crippen molar-refractivity contribution >= 4 is 0 Å². The van der Waals surface area contributed by atoms with Gasteiger partial charge in [0.2, 0.25) is 0 Å². The van der Waals surface area contributed by atoms with Crippen LogP contribution in [0.5, 0.6) is 0 Å². The first-order valence-electron chi connectivity index (χ1n) is 5.85. The summed E-state index contributed by atoms with van der Waals surface area (Å²) in [5, 5.41) is 0. The molecule has 2 rings (SSSR count). The van der Waals surface area contributed by atoms with E-state index in [0.717, 1.165) is 26.2 Å². The lowest BCUT2D eigenvalue weighted by Gasteiger charge is -2.35. The highest BCUT2D eigenvalue weighted by molar-refractivity contribution is 5.14. The van der Waals surface area contributed by atoms with Crippen LogP contribution in [0.1, 0.15) is 12.0 Å².